The van der Waals surface area contributed by atoms with Gasteiger partial charge in [-0.15, -0.1) is 0 Å². The van der Waals surface area contributed by atoms with E-state index in [2.05, 4.69) is 10.4 Å². The van der Waals surface area contributed by atoms with Gasteiger partial charge in [-0.25, -0.2) is 0 Å². The van der Waals surface area contributed by atoms with Crippen LogP contribution >= 0.6 is 0 Å². The quantitative estimate of drug-likeness (QED) is 0.692. The van der Waals surface area contributed by atoms with Crippen molar-refractivity contribution in [1.29, 1.82) is 0 Å². The molecule has 0 aliphatic carbocycles. The summed E-state index contributed by atoms with van der Waals surface area (Å²) in [7, 11) is 0. The van der Waals surface area contributed by atoms with Crippen LogP contribution in [0, 0.1) is 13.8 Å². The van der Waals surface area contributed by atoms with Crippen LogP contribution in [0.4, 0.5) is 5.69 Å². The van der Waals surface area contributed by atoms with Crippen molar-refractivity contribution in [2.75, 3.05) is 4.90 Å². The van der Waals surface area contributed by atoms with Gasteiger partial charge in [0, 0.05) is 17.3 Å². The summed E-state index contributed by atoms with van der Waals surface area (Å²) in [6, 6.07) is 11.1. The number of nitrogens with zero attached hydrogens (tertiary/aromatic N) is 3. The Hall–Kier alpha value is -3.35. The number of benzene rings is 1. The average molecular weight is 421 g/mol. The van der Waals surface area contributed by atoms with Crippen molar-refractivity contribution >= 4 is 17.5 Å². The molecule has 4 rings (SSSR count). The second kappa shape index (κ2) is 7.11. The highest BCUT2D eigenvalue weighted by atomic mass is 16.3. The molecule has 7 heteroatoms. The monoisotopic (exact) mass is 420 g/mol. The van der Waals surface area contributed by atoms with Crippen LogP contribution in [0.25, 0.3) is 11.5 Å². The SMILES string of the molecule is Cc1cccc(N2C(=O)c3cc(-c4ccco4)nn3C[C@@]2(C)C(=O)NC(C)(C)C)c1C. The lowest BCUT2D eigenvalue weighted by Gasteiger charge is -2.45. The molecule has 0 radical (unpaired) electrons. The summed E-state index contributed by atoms with van der Waals surface area (Å²) < 4.78 is 7.08. The second-order valence-corrected chi connectivity index (χ2v) is 9.39. The lowest BCUT2D eigenvalue weighted by atomic mass is 9.91. The van der Waals surface area contributed by atoms with E-state index >= 15 is 0 Å². The molecule has 2 amide bonds. The van der Waals surface area contributed by atoms with Crippen LogP contribution in [0.3, 0.4) is 0 Å². The summed E-state index contributed by atoms with van der Waals surface area (Å²) in [5.74, 6) is 0.0839. The third kappa shape index (κ3) is 3.54. The average Bonchev–Trinajstić information content (AvgIpc) is 3.33. The Bertz CT molecular complexity index is 1150. The van der Waals surface area contributed by atoms with Crippen molar-refractivity contribution in [3.63, 3.8) is 0 Å². The minimum absolute atomic E-state index is 0.226. The third-order valence-corrected chi connectivity index (χ3v) is 5.72. The Balaban J connectivity index is 1.88. The van der Waals surface area contributed by atoms with Gasteiger partial charge in [0.2, 0.25) is 5.91 Å². The molecule has 31 heavy (non-hydrogen) atoms. The van der Waals surface area contributed by atoms with Gasteiger partial charge in [0.15, 0.2) is 5.76 Å². The Morgan fingerprint density at radius 3 is 2.58 bits per heavy atom. The second-order valence-electron chi connectivity index (χ2n) is 9.39. The summed E-state index contributed by atoms with van der Waals surface area (Å²) in [5.41, 5.74) is 2.12. The van der Waals surface area contributed by atoms with Gasteiger partial charge in [-0.05, 0) is 70.9 Å². The lowest BCUT2D eigenvalue weighted by molar-refractivity contribution is -0.128. The summed E-state index contributed by atoms with van der Waals surface area (Å²) in [6.07, 6.45) is 1.57. The molecule has 0 unspecified atom stereocenters. The van der Waals surface area contributed by atoms with Crippen molar-refractivity contribution in [2.24, 2.45) is 0 Å². The van der Waals surface area contributed by atoms with Crippen molar-refractivity contribution in [1.82, 2.24) is 15.1 Å². The number of carbonyl (C=O) groups is 2. The maximum Gasteiger partial charge on any atom is 0.277 e. The molecule has 1 aliphatic rings. The zero-order valence-corrected chi connectivity index (χ0v) is 18.8. The van der Waals surface area contributed by atoms with Gasteiger partial charge in [-0.3, -0.25) is 19.2 Å². The first-order valence-electron chi connectivity index (χ1n) is 10.4. The zero-order chi connectivity index (χ0) is 22.6. The molecule has 0 saturated carbocycles. The minimum Gasteiger partial charge on any atom is -0.463 e. The number of nitrogens with one attached hydrogen (secondary N) is 1. The van der Waals surface area contributed by atoms with Crippen LogP contribution in [-0.4, -0.2) is 32.7 Å². The van der Waals surface area contributed by atoms with Gasteiger partial charge in [-0.1, -0.05) is 12.1 Å². The molecular weight excluding hydrogens is 392 g/mol. The number of anilines is 1. The number of aryl methyl sites for hydroxylation is 1. The Morgan fingerprint density at radius 1 is 1.19 bits per heavy atom. The summed E-state index contributed by atoms with van der Waals surface area (Å²) in [6.45, 7) is 11.8. The van der Waals surface area contributed by atoms with E-state index in [0.717, 1.165) is 16.8 Å². The van der Waals surface area contributed by atoms with E-state index in [1.54, 1.807) is 41.0 Å². The topological polar surface area (TPSA) is 80.4 Å². The Morgan fingerprint density at radius 2 is 1.94 bits per heavy atom. The minimum atomic E-state index is -1.16. The zero-order valence-electron chi connectivity index (χ0n) is 18.8. The van der Waals surface area contributed by atoms with E-state index < -0.39 is 11.1 Å². The van der Waals surface area contributed by atoms with Crippen LogP contribution in [0.2, 0.25) is 0 Å². The molecule has 0 fully saturated rings. The number of hydrogen-bond donors (Lipinski definition) is 1. The van der Waals surface area contributed by atoms with Crippen LogP contribution in [0.15, 0.2) is 47.1 Å². The first-order valence-corrected chi connectivity index (χ1v) is 10.4. The van der Waals surface area contributed by atoms with Gasteiger partial charge in [0.1, 0.15) is 16.9 Å². The van der Waals surface area contributed by atoms with E-state index in [1.165, 1.54) is 0 Å². The van der Waals surface area contributed by atoms with Crippen molar-refractivity contribution in [3.05, 3.63) is 59.5 Å². The van der Waals surface area contributed by atoms with Gasteiger partial charge < -0.3 is 9.73 Å². The number of fused-ring (bicyclic) bond motifs is 1. The van der Waals surface area contributed by atoms with Crippen molar-refractivity contribution < 1.29 is 14.0 Å². The van der Waals surface area contributed by atoms with E-state index in [9.17, 15) is 9.59 Å². The molecule has 1 N–H and O–H groups in total. The van der Waals surface area contributed by atoms with Crippen LogP contribution in [-0.2, 0) is 11.3 Å². The fourth-order valence-electron chi connectivity index (χ4n) is 3.96. The smallest absolute Gasteiger partial charge is 0.277 e. The molecule has 2 aromatic heterocycles. The Labute approximate surface area is 182 Å². The molecule has 1 aromatic carbocycles. The number of amides is 2. The van der Waals surface area contributed by atoms with Gasteiger partial charge in [0.25, 0.3) is 5.91 Å². The van der Waals surface area contributed by atoms with E-state index in [1.807, 2.05) is 52.8 Å². The van der Waals surface area contributed by atoms with Crippen LogP contribution < -0.4 is 10.2 Å². The predicted molar refractivity (Wildman–Crippen MR) is 119 cm³/mol. The highest BCUT2D eigenvalue weighted by Crippen LogP contribution is 2.36. The first kappa shape index (κ1) is 20.9. The highest BCUT2D eigenvalue weighted by molar-refractivity contribution is 6.12. The molecule has 0 spiro atoms. The van der Waals surface area contributed by atoms with Gasteiger partial charge >= 0.3 is 0 Å². The molecular formula is C24H28N4O3. The summed E-state index contributed by atoms with van der Waals surface area (Å²) in [5, 5.41) is 7.64. The van der Waals surface area contributed by atoms with Crippen molar-refractivity contribution in [2.45, 2.75) is 59.2 Å². The first-order chi connectivity index (χ1) is 14.5. The number of carbonyl (C=O) groups excluding carboxylic acids is 2. The molecule has 3 aromatic rings. The molecule has 1 atom stereocenters. The van der Waals surface area contributed by atoms with Crippen LogP contribution in [0.5, 0.6) is 0 Å². The maximum atomic E-state index is 13.8. The Kier molecular flexibility index (Phi) is 4.80. The van der Waals surface area contributed by atoms with E-state index in [4.69, 9.17) is 4.42 Å². The fourth-order valence-corrected chi connectivity index (χ4v) is 3.96. The molecule has 0 bridgehead atoms. The number of aromatic nitrogens is 2. The van der Waals surface area contributed by atoms with Gasteiger partial charge in [-0.2, -0.15) is 5.10 Å². The van der Waals surface area contributed by atoms with E-state index in [-0.39, 0.29) is 18.4 Å². The molecule has 0 saturated heterocycles. The number of rotatable bonds is 3. The fraction of sp³-hybridized carbons (Fsp3) is 0.375. The normalized spacial score (nSPS) is 18.8. The number of hydrogen-bond acceptors (Lipinski definition) is 4. The van der Waals surface area contributed by atoms with Crippen LogP contribution in [0.1, 0.15) is 49.3 Å². The molecule has 162 valence electrons. The number of furan rings is 1. The maximum absolute atomic E-state index is 13.8. The molecule has 3 heterocycles. The summed E-state index contributed by atoms with van der Waals surface area (Å²) in [4.78, 5) is 29.0. The largest absolute Gasteiger partial charge is 0.463 e. The van der Waals surface area contributed by atoms with Crippen molar-refractivity contribution in [3.8, 4) is 11.5 Å². The molecule has 7 nitrogen and oxygen atoms in total. The lowest BCUT2D eigenvalue weighted by Crippen LogP contribution is -2.66. The highest BCUT2D eigenvalue weighted by Gasteiger charge is 2.50. The standard InChI is InChI=1S/C24H28N4O3/c1-15-9-7-10-18(16(15)2)28-21(29)19-13-17(20-11-8-12-31-20)26-27(19)14-24(28,6)22(30)25-23(3,4)5/h7-13H,14H2,1-6H3,(H,25,30)/t24-/m0/s1. The van der Waals surface area contributed by atoms with E-state index in [0.29, 0.717) is 17.1 Å². The predicted octanol–water partition coefficient (Wildman–Crippen LogP) is 4.09. The third-order valence-electron chi connectivity index (χ3n) is 5.72. The van der Waals surface area contributed by atoms with Gasteiger partial charge in [0.05, 0.1) is 12.8 Å². The molecule has 1 aliphatic heterocycles. The summed E-state index contributed by atoms with van der Waals surface area (Å²) >= 11 is 0.